The Labute approximate surface area is 151 Å². The first-order chi connectivity index (χ1) is 10.9. The first-order valence-corrected chi connectivity index (χ1v) is 11.0. The van der Waals surface area contributed by atoms with Crippen molar-refractivity contribution in [1.29, 1.82) is 0 Å². The van der Waals surface area contributed by atoms with Gasteiger partial charge in [0.25, 0.3) is 0 Å². The van der Waals surface area contributed by atoms with Crippen LogP contribution in [0.2, 0.25) is 0 Å². The zero-order valence-electron chi connectivity index (χ0n) is 17.2. The van der Waals surface area contributed by atoms with Crippen molar-refractivity contribution in [3.05, 3.63) is 18.5 Å². The molecule has 0 aliphatic carbocycles. The Kier molecular flexibility index (Phi) is 5.32. The summed E-state index contributed by atoms with van der Waals surface area (Å²) in [6.07, 6.45) is 4.52. The van der Waals surface area contributed by atoms with Gasteiger partial charge in [-0.05, 0) is 33.8 Å². The fraction of sp³-hybridized carbons (Fsp3) is 0.789. The number of aromatic nitrogens is 1. The second-order valence-electron chi connectivity index (χ2n) is 8.76. The number of nitrogens with zero attached hydrogens (tertiary/aromatic N) is 1. The third kappa shape index (κ3) is 2.97. The van der Waals surface area contributed by atoms with Gasteiger partial charge in [-0.2, -0.15) is 10.2 Å². The molecule has 24 heavy (non-hydrogen) atoms. The molecule has 1 aliphatic rings. The molecule has 0 unspecified atom stereocenters. The molecule has 1 aromatic heterocycles. The Morgan fingerprint density at radius 3 is 1.67 bits per heavy atom. The van der Waals surface area contributed by atoms with Gasteiger partial charge in [0.05, 0.1) is 11.2 Å². The summed E-state index contributed by atoms with van der Waals surface area (Å²) in [5.41, 5.74) is 0.544. The van der Waals surface area contributed by atoms with Crippen molar-refractivity contribution in [3.8, 4) is 0 Å². The predicted molar refractivity (Wildman–Crippen MR) is 109 cm³/mol. The molecule has 0 N–H and O–H groups in total. The van der Waals surface area contributed by atoms with Gasteiger partial charge in [-0.15, -0.1) is 0 Å². The highest BCUT2D eigenvalue weighted by molar-refractivity contribution is 8.33. The van der Waals surface area contributed by atoms with Crippen LogP contribution in [0.25, 0.3) is 0 Å². The van der Waals surface area contributed by atoms with Gasteiger partial charge in [-0.3, -0.25) is 0 Å². The average molecular weight is 353 g/mol. The zero-order chi connectivity index (χ0) is 18.5. The summed E-state index contributed by atoms with van der Waals surface area (Å²) in [5, 5.41) is 1.86. The maximum atomic E-state index is 6.23. The van der Waals surface area contributed by atoms with Gasteiger partial charge in [-0.1, -0.05) is 41.5 Å². The van der Waals surface area contributed by atoms with Crippen LogP contribution in [0.4, 0.5) is 0 Å². The van der Waals surface area contributed by atoms with Crippen LogP contribution < -0.4 is 5.46 Å². The molecule has 1 saturated heterocycles. The molecule has 1 fully saturated rings. The maximum Gasteiger partial charge on any atom is 0.496 e. The average Bonchev–Trinajstić information content (AvgIpc) is 2.93. The molecule has 0 radical (unpaired) electrons. The summed E-state index contributed by atoms with van der Waals surface area (Å²) in [7, 11) is -1.26. The lowest BCUT2D eigenvalue weighted by Gasteiger charge is -2.52. The minimum atomic E-state index is -0.986. The zero-order valence-corrected chi connectivity index (χ0v) is 18.0. The van der Waals surface area contributed by atoms with E-state index in [2.05, 4.69) is 91.7 Å². The molecule has 0 aromatic carbocycles. The molecular formula is C19H36BNO2S. The molecule has 0 spiro atoms. The highest BCUT2D eigenvalue weighted by Crippen LogP contribution is 2.61. The van der Waals surface area contributed by atoms with Crippen LogP contribution in [0, 0.1) is 0 Å². The van der Waals surface area contributed by atoms with Gasteiger partial charge in [0.15, 0.2) is 0 Å². The highest BCUT2D eigenvalue weighted by atomic mass is 32.3. The smallest absolute Gasteiger partial charge is 0.399 e. The Hall–Kier alpha value is -0.385. The molecule has 0 bridgehead atoms. The lowest BCUT2D eigenvalue weighted by atomic mass is 9.81. The van der Waals surface area contributed by atoms with Crippen LogP contribution in [0.15, 0.2) is 18.5 Å². The lowest BCUT2D eigenvalue weighted by Crippen LogP contribution is -2.41. The molecule has 138 valence electrons. The molecule has 0 atom stereocenters. The summed E-state index contributed by atoms with van der Waals surface area (Å²) in [4.78, 5) is 0. The molecule has 0 amide bonds. The van der Waals surface area contributed by atoms with Gasteiger partial charge in [0.1, 0.15) is 0 Å². The molecule has 3 nitrogen and oxygen atoms in total. The summed E-state index contributed by atoms with van der Waals surface area (Å²) >= 11 is 0. The molecule has 1 aliphatic heterocycles. The highest BCUT2D eigenvalue weighted by Gasteiger charge is 2.52. The van der Waals surface area contributed by atoms with E-state index < -0.39 is 10.2 Å². The van der Waals surface area contributed by atoms with Crippen molar-refractivity contribution in [2.24, 2.45) is 0 Å². The summed E-state index contributed by atoms with van der Waals surface area (Å²) in [6, 6.07) is 2.18. The monoisotopic (exact) mass is 353 g/mol. The van der Waals surface area contributed by atoms with Gasteiger partial charge in [0, 0.05) is 33.6 Å². The van der Waals surface area contributed by atoms with E-state index in [0.29, 0.717) is 15.7 Å². The van der Waals surface area contributed by atoms with Gasteiger partial charge >= 0.3 is 7.12 Å². The lowest BCUT2D eigenvalue weighted by molar-refractivity contribution is 0.00578. The summed E-state index contributed by atoms with van der Waals surface area (Å²) in [5.74, 6) is 0. The second-order valence-corrected chi connectivity index (χ2v) is 13.5. The standard InChI is InChI=1S/C19H36BNO2S/c1-14(2)24(15(3)4,16(5)6)21-12-11-17(13-21)20-22-18(7,8)19(9,10)23-20/h11-16H,1-10H3. The van der Waals surface area contributed by atoms with Crippen molar-refractivity contribution in [2.75, 3.05) is 0 Å². The van der Waals surface area contributed by atoms with Crippen LogP contribution in [-0.2, 0) is 9.31 Å². The third-order valence-electron chi connectivity index (χ3n) is 5.85. The topological polar surface area (TPSA) is 23.4 Å². The van der Waals surface area contributed by atoms with E-state index in [-0.39, 0.29) is 18.3 Å². The Bertz CT molecular complexity index is 540. The van der Waals surface area contributed by atoms with E-state index >= 15 is 0 Å². The number of rotatable bonds is 5. The van der Waals surface area contributed by atoms with E-state index in [4.69, 9.17) is 9.31 Å². The molecule has 5 heteroatoms. The van der Waals surface area contributed by atoms with E-state index in [1.54, 1.807) is 0 Å². The van der Waals surface area contributed by atoms with Crippen LogP contribution in [0.5, 0.6) is 0 Å². The second kappa shape index (κ2) is 6.41. The molecule has 2 rings (SSSR count). The van der Waals surface area contributed by atoms with Crippen molar-refractivity contribution in [1.82, 2.24) is 3.97 Å². The SMILES string of the molecule is CC(C)S(C(C)C)(C(C)C)n1ccc(B2OC(C)(C)C(C)(C)O2)c1. The quantitative estimate of drug-likeness (QED) is 0.724. The maximum absolute atomic E-state index is 6.23. The fourth-order valence-electron chi connectivity index (χ4n) is 4.07. The molecule has 2 heterocycles. The Morgan fingerprint density at radius 1 is 0.875 bits per heavy atom. The van der Waals surface area contributed by atoms with Crippen LogP contribution >= 0.6 is 10.2 Å². The predicted octanol–water partition coefficient (Wildman–Crippen LogP) is 4.58. The summed E-state index contributed by atoms with van der Waals surface area (Å²) < 4.78 is 15.0. The van der Waals surface area contributed by atoms with E-state index in [0.717, 1.165) is 5.46 Å². The van der Waals surface area contributed by atoms with Gasteiger partial charge in [-0.25, -0.2) is 0 Å². The van der Waals surface area contributed by atoms with Crippen LogP contribution in [-0.4, -0.2) is 38.0 Å². The first-order valence-electron chi connectivity index (χ1n) is 9.20. The summed E-state index contributed by atoms with van der Waals surface area (Å²) in [6.45, 7) is 22.6. The van der Waals surface area contributed by atoms with Gasteiger partial charge < -0.3 is 13.3 Å². The van der Waals surface area contributed by atoms with Crippen molar-refractivity contribution >= 4 is 22.8 Å². The third-order valence-corrected chi connectivity index (χ3v) is 11.3. The molecular weight excluding hydrogens is 317 g/mol. The normalized spacial score (nSPS) is 21.3. The first kappa shape index (κ1) is 19.9. The minimum Gasteiger partial charge on any atom is -0.399 e. The van der Waals surface area contributed by atoms with Crippen molar-refractivity contribution in [3.63, 3.8) is 0 Å². The minimum absolute atomic E-state index is 0.278. The van der Waals surface area contributed by atoms with Gasteiger partial charge in [0.2, 0.25) is 0 Å². The Morgan fingerprint density at radius 2 is 1.29 bits per heavy atom. The Balaban J connectivity index is 2.40. The number of hydrogen-bond acceptors (Lipinski definition) is 2. The van der Waals surface area contributed by atoms with E-state index in [9.17, 15) is 0 Å². The largest absolute Gasteiger partial charge is 0.496 e. The number of hydrogen-bond donors (Lipinski definition) is 0. The van der Waals surface area contributed by atoms with Crippen LogP contribution in [0.3, 0.4) is 0 Å². The van der Waals surface area contributed by atoms with Crippen LogP contribution in [0.1, 0.15) is 69.2 Å². The molecule has 1 aromatic rings. The van der Waals surface area contributed by atoms with E-state index in [1.165, 1.54) is 0 Å². The van der Waals surface area contributed by atoms with Crippen molar-refractivity contribution < 1.29 is 9.31 Å². The fourth-order valence-corrected chi connectivity index (χ4v) is 9.37. The van der Waals surface area contributed by atoms with E-state index in [1.807, 2.05) is 0 Å². The molecule has 0 saturated carbocycles. The van der Waals surface area contributed by atoms with Crippen molar-refractivity contribution in [2.45, 2.75) is 96.2 Å².